The fraction of sp³-hybridized carbons (Fsp3) is 0.312. The molecule has 0 heterocycles. The number of alkyl halides is 3. The number of hydrogen-bond donors (Lipinski definition) is 0. The quantitative estimate of drug-likeness (QED) is 0.153. The summed E-state index contributed by atoms with van der Waals surface area (Å²) in [7, 11) is 0. The van der Waals surface area contributed by atoms with Gasteiger partial charge in [0.1, 0.15) is 5.82 Å². The third-order valence-electron chi connectivity index (χ3n) is 6.84. The molecule has 0 radical (unpaired) electrons. The van der Waals surface area contributed by atoms with Gasteiger partial charge in [0.2, 0.25) is 0 Å². The summed E-state index contributed by atoms with van der Waals surface area (Å²) in [5, 5.41) is 1.26. The second kappa shape index (κ2) is 11.7. The minimum Gasteiger partial charge on any atom is -0.206 e. The monoisotopic (exact) mass is 492 g/mol. The number of unbranched alkanes of at least 4 members (excludes halogenated alkanes) is 4. The molecule has 0 aromatic heterocycles. The fourth-order valence-corrected chi connectivity index (χ4v) is 4.65. The molecule has 0 amide bonds. The lowest BCUT2D eigenvalue weighted by atomic mass is 9.96. The van der Waals surface area contributed by atoms with Crippen LogP contribution in [0.15, 0.2) is 78.9 Å². The van der Waals surface area contributed by atoms with E-state index in [4.69, 9.17) is 0 Å². The molecule has 0 saturated carbocycles. The van der Waals surface area contributed by atoms with E-state index >= 15 is 4.39 Å². The van der Waals surface area contributed by atoms with Crippen LogP contribution in [-0.2, 0) is 25.4 Å². The Morgan fingerprint density at radius 3 is 1.89 bits per heavy atom. The van der Waals surface area contributed by atoms with Gasteiger partial charge in [0.15, 0.2) is 0 Å². The smallest absolute Gasteiger partial charge is 0.206 e. The van der Waals surface area contributed by atoms with Gasteiger partial charge in [-0.3, -0.25) is 0 Å². The predicted octanol–water partition coefficient (Wildman–Crippen LogP) is 9.96. The minimum atomic E-state index is -4.41. The van der Waals surface area contributed by atoms with Crippen LogP contribution in [0.4, 0.5) is 17.6 Å². The molecule has 0 nitrogen and oxygen atoms in total. The largest absolute Gasteiger partial charge is 0.416 e. The van der Waals surface area contributed by atoms with E-state index in [0.717, 1.165) is 42.3 Å². The molecule has 188 valence electrons. The van der Waals surface area contributed by atoms with Gasteiger partial charge in [-0.1, -0.05) is 99.3 Å². The van der Waals surface area contributed by atoms with Crippen LogP contribution in [-0.4, -0.2) is 0 Å². The number of halogens is 4. The molecule has 0 spiro atoms. The molecule has 4 aromatic carbocycles. The third kappa shape index (κ3) is 6.54. The lowest BCUT2D eigenvalue weighted by molar-refractivity contribution is -0.137. The molecule has 0 bridgehead atoms. The van der Waals surface area contributed by atoms with Gasteiger partial charge in [-0.05, 0) is 65.5 Å². The zero-order valence-electron chi connectivity index (χ0n) is 20.7. The Morgan fingerprint density at radius 2 is 1.22 bits per heavy atom. The van der Waals surface area contributed by atoms with Crippen LogP contribution >= 0.6 is 0 Å². The molecule has 0 fully saturated rings. The molecule has 4 heteroatoms. The molecule has 0 aliphatic rings. The second-order valence-electron chi connectivity index (χ2n) is 9.54. The maximum absolute atomic E-state index is 15.2. The lowest BCUT2D eigenvalue weighted by Crippen LogP contribution is -2.04. The average Bonchev–Trinajstić information content (AvgIpc) is 2.88. The first kappa shape index (κ1) is 25.9. The first-order valence-electron chi connectivity index (χ1n) is 12.8. The van der Waals surface area contributed by atoms with Crippen molar-refractivity contribution in [3.05, 3.63) is 107 Å². The highest BCUT2D eigenvalue weighted by molar-refractivity contribution is 5.88. The van der Waals surface area contributed by atoms with E-state index in [2.05, 4.69) is 31.2 Å². The summed E-state index contributed by atoms with van der Waals surface area (Å²) in [4.78, 5) is 0. The summed E-state index contributed by atoms with van der Waals surface area (Å²) in [5.41, 5.74) is 3.79. The maximum Gasteiger partial charge on any atom is 0.416 e. The number of benzene rings is 4. The summed E-state index contributed by atoms with van der Waals surface area (Å²) in [5.74, 6) is -0.413. The van der Waals surface area contributed by atoms with Gasteiger partial charge in [0.25, 0.3) is 0 Å². The van der Waals surface area contributed by atoms with Crippen LogP contribution in [0.5, 0.6) is 0 Å². The van der Waals surface area contributed by atoms with Gasteiger partial charge >= 0.3 is 6.18 Å². The highest BCUT2D eigenvalue weighted by atomic mass is 19.4. The average molecular weight is 493 g/mol. The Hall–Kier alpha value is -3.14. The van der Waals surface area contributed by atoms with Crippen molar-refractivity contribution in [3.63, 3.8) is 0 Å². The van der Waals surface area contributed by atoms with E-state index in [-0.39, 0.29) is 0 Å². The van der Waals surface area contributed by atoms with E-state index in [0.29, 0.717) is 16.5 Å². The molecule has 0 saturated heterocycles. The zero-order valence-corrected chi connectivity index (χ0v) is 20.7. The van der Waals surface area contributed by atoms with E-state index in [1.807, 2.05) is 18.2 Å². The van der Waals surface area contributed by atoms with Crippen molar-refractivity contribution >= 4 is 10.8 Å². The molecule has 0 atom stereocenters. The molecule has 0 N–H and O–H groups in total. The molecule has 4 rings (SSSR count). The summed E-state index contributed by atoms with van der Waals surface area (Å²) < 4.78 is 53.8. The lowest BCUT2D eigenvalue weighted by Gasteiger charge is -2.11. The van der Waals surface area contributed by atoms with Crippen molar-refractivity contribution in [2.24, 2.45) is 0 Å². The van der Waals surface area contributed by atoms with Crippen LogP contribution in [0.2, 0.25) is 0 Å². The van der Waals surface area contributed by atoms with E-state index in [1.54, 1.807) is 12.1 Å². The van der Waals surface area contributed by atoms with Gasteiger partial charge in [-0.15, -0.1) is 0 Å². The van der Waals surface area contributed by atoms with Crippen molar-refractivity contribution in [1.29, 1.82) is 0 Å². The van der Waals surface area contributed by atoms with Crippen LogP contribution in [0, 0.1) is 5.82 Å². The Kier molecular flexibility index (Phi) is 8.45. The van der Waals surface area contributed by atoms with E-state index in [1.165, 1.54) is 55.4 Å². The molecule has 4 aromatic rings. The summed E-state index contributed by atoms with van der Waals surface area (Å²) in [6.45, 7) is 2.23. The molecular weight excluding hydrogens is 460 g/mol. The number of fused-ring (bicyclic) bond motifs is 1. The van der Waals surface area contributed by atoms with Crippen LogP contribution in [0.3, 0.4) is 0 Å². The molecule has 36 heavy (non-hydrogen) atoms. The first-order chi connectivity index (χ1) is 17.3. The second-order valence-corrected chi connectivity index (χ2v) is 9.54. The van der Waals surface area contributed by atoms with Gasteiger partial charge in [0, 0.05) is 10.9 Å². The van der Waals surface area contributed by atoms with Crippen LogP contribution in [0.1, 0.15) is 61.3 Å². The third-order valence-corrected chi connectivity index (χ3v) is 6.84. The van der Waals surface area contributed by atoms with Crippen molar-refractivity contribution in [1.82, 2.24) is 0 Å². The highest BCUT2D eigenvalue weighted by Gasteiger charge is 2.30. The highest BCUT2D eigenvalue weighted by Crippen LogP contribution is 2.33. The van der Waals surface area contributed by atoms with Crippen LogP contribution < -0.4 is 0 Å². The Morgan fingerprint density at radius 1 is 0.611 bits per heavy atom. The molecular formula is C32H32F4. The summed E-state index contributed by atoms with van der Waals surface area (Å²) in [6.07, 6.45) is 4.94. The Balaban J connectivity index is 1.39. The normalized spacial score (nSPS) is 11.8. The number of aryl methyl sites for hydroxylation is 3. The molecule has 0 aliphatic heterocycles. The summed E-state index contributed by atoms with van der Waals surface area (Å²) >= 11 is 0. The summed E-state index contributed by atoms with van der Waals surface area (Å²) in [6, 6.07) is 22.7. The van der Waals surface area contributed by atoms with Gasteiger partial charge in [-0.25, -0.2) is 4.39 Å². The minimum absolute atomic E-state index is 0.300. The first-order valence-corrected chi connectivity index (χ1v) is 12.8. The number of hydrogen-bond acceptors (Lipinski definition) is 0. The van der Waals surface area contributed by atoms with Gasteiger partial charge < -0.3 is 0 Å². The van der Waals surface area contributed by atoms with Gasteiger partial charge in [0.05, 0.1) is 5.56 Å². The van der Waals surface area contributed by atoms with Crippen LogP contribution in [0.25, 0.3) is 21.9 Å². The van der Waals surface area contributed by atoms with Crippen molar-refractivity contribution in [2.45, 2.75) is 64.5 Å². The maximum atomic E-state index is 15.2. The van der Waals surface area contributed by atoms with E-state index < -0.39 is 17.6 Å². The standard InChI is InChI=1S/C32H32F4/c1-2-3-4-5-6-7-23-8-10-24(11-9-23)12-13-25-14-20-30-27(22-25)17-21-29(31(30)33)26-15-18-28(19-16-26)32(34,35)36/h8-11,14-22H,2-7,12-13H2,1H3. The Bertz CT molecular complexity index is 1270. The van der Waals surface area contributed by atoms with Gasteiger partial charge in [-0.2, -0.15) is 13.2 Å². The van der Waals surface area contributed by atoms with Crippen molar-refractivity contribution < 1.29 is 17.6 Å². The molecule has 0 unspecified atom stereocenters. The number of rotatable bonds is 10. The fourth-order valence-electron chi connectivity index (χ4n) is 4.65. The zero-order chi connectivity index (χ0) is 25.5. The van der Waals surface area contributed by atoms with Crippen molar-refractivity contribution in [2.75, 3.05) is 0 Å². The predicted molar refractivity (Wildman–Crippen MR) is 141 cm³/mol. The van der Waals surface area contributed by atoms with E-state index in [9.17, 15) is 13.2 Å². The molecule has 0 aliphatic carbocycles. The van der Waals surface area contributed by atoms with Crippen molar-refractivity contribution in [3.8, 4) is 11.1 Å². The Labute approximate surface area is 211 Å². The SMILES string of the molecule is CCCCCCCc1ccc(CCc2ccc3c(F)c(-c4ccc(C(F)(F)F)cc4)ccc3c2)cc1. The topological polar surface area (TPSA) is 0 Å².